The molecule has 0 fully saturated rings. The largest absolute Gasteiger partial charge is 0.481 e. The van der Waals surface area contributed by atoms with E-state index < -0.39 is 12.0 Å². The first kappa shape index (κ1) is 16.4. The van der Waals surface area contributed by atoms with E-state index in [-0.39, 0.29) is 18.7 Å². The summed E-state index contributed by atoms with van der Waals surface area (Å²) >= 11 is 0. The molecule has 0 saturated heterocycles. The van der Waals surface area contributed by atoms with Gasteiger partial charge in [0.15, 0.2) is 0 Å². The van der Waals surface area contributed by atoms with Crippen molar-refractivity contribution in [2.75, 3.05) is 13.6 Å². The Balaban J connectivity index is 3.80. The molecule has 0 unspecified atom stereocenters. The van der Waals surface area contributed by atoms with Gasteiger partial charge in [-0.05, 0) is 18.8 Å². The highest BCUT2D eigenvalue weighted by atomic mass is 16.4. The quantitative estimate of drug-likeness (QED) is 0.677. The number of nitrogens with one attached hydrogen (secondary N) is 1. The third-order valence-electron chi connectivity index (χ3n) is 2.28. The molecule has 104 valence electrons. The van der Waals surface area contributed by atoms with E-state index in [9.17, 15) is 14.4 Å². The fourth-order valence-corrected chi connectivity index (χ4v) is 1.47. The van der Waals surface area contributed by atoms with Crippen molar-refractivity contribution in [3.8, 4) is 0 Å². The van der Waals surface area contributed by atoms with Gasteiger partial charge < -0.3 is 10.0 Å². The van der Waals surface area contributed by atoms with Crippen LogP contribution >= 0.6 is 0 Å². The molecule has 0 heterocycles. The first-order valence-electron chi connectivity index (χ1n) is 6.09. The molecule has 0 bridgehead atoms. The van der Waals surface area contributed by atoms with Crippen LogP contribution in [0.2, 0.25) is 0 Å². The first-order chi connectivity index (χ1) is 8.32. The normalized spacial score (nSPS) is 10.2. The van der Waals surface area contributed by atoms with E-state index in [0.717, 1.165) is 0 Å². The van der Waals surface area contributed by atoms with Crippen LogP contribution in [0.4, 0.5) is 4.79 Å². The Morgan fingerprint density at radius 3 is 2.22 bits per heavy atom. The van der Waals surface area contributed by atoms with Crippen LogP contribution in [-0.4, -0.2) is 41.5 Å². The minimum Gasteiger partial charge on any atom is -0.481 e. The molecule has 0 aliphatic heterocycles. The maximum absolute atomic E-state index is 11.5. The zero-order chi connectivity index (χ0) is 14.1. The van der Waals surface area contributed by atoms with Crippen LogP contribution in [0.1, 0.15) is 39.5 Å². The molecular formula is C12H22N2O4. The van der Waals surface area contributed by atoms with E-state index in [0.29, 0.717) is 25.3 Å². The number of nitrogens with zero attached hydrogens (tertiary/aromatic N) is 1. The lowest BCUT2D eigenvalue weighted by atomic mass is 10.2. The number of amides is 3. The summed E-state index contributed by atoms with van der Waals surface area (Å²) in [7, 11) is 1.63. The van der Waals surface area contributed by atoms with E-state index in [1.54, 1.807) is 7.05 Å². The number of hydrogen-bond acceptors (Lipinski definition) is 3. The number of aliphatic carboxylic acids is 1. The monoisotopic (exact) mass is 258 g/mol. The third kappa shape index (κ3) is 8.55. The molecule has 18 heavy (non-hydrogen) atoms. The van der Waals surface area contributed by atoms with Crippen molar-refractivity contribution in [3.63, 3.8) is 0 Å². The highest BCUT2D eigenvalue weighted by molar-refractivity contribution is 5.94. The zero-order valence-electron chi connectivity index (χ0n) is 11.2. The minimum absolute atomic E-state index is 0.0501. The van der Waals surface area contributed by atoms with Crippen molar-refractivity contribution in [1.82, 2.24) is 10.2 Å². The Morgan fingerprint density at radius 2 is 1.72 bits per heavy atom. The van der Waals surface area contributed by atoms with Crippen molar-refractivity contribution >= 4 is 17.9 Å². The number of carbonyl (C=O) groups is 3. The SMILES string of the molecule is CC(C)CN(C)C(=O)NC(=O)CCCCC(=O)O. The summed E-state index contributed by atoms with van der Waals surface area (Å²) in [5.74, 6) is -0.893. The lowest BCUT2D eigenvalue weighted by Gasteiger charge is -2.19. The van der Waals surface area contributed by atoms with Gasteiger partial charge in [0.1, 0.15) is 0 Å². The highest BCUT2D eigenvalue weighted by Gasteiger charge is 2.13. The van der Waals surface area contributed by atoms with Gasteiger partial charge in [0.25, 0.3) is 0 Å². The molecule has 0 atom stereocenters. The standard InChI is InChI=1S/C12H22N2O4/c1-9(2)8-14(3)12(18)13-10(15)6-4-5-7-11(16)17/h9H,4-8H2,1-3H3,(H,16,17)(H,13,15,18). The van der Waals surface area contributed by atoms with Crippen LogP contribution in [-0.2, 0) is 9.59 Å². The number of carboxylic acids is 1. The average Bonchev–Trinajstić information content (AvgIpc) is 2.23. The van der Waals surface area contributed by atoms with E-state index >= 15 is 0 Å². The van der Waals surface area contributed by atoms with Gasteiger partial charge in [0.2, 0.25) is 5.91 Å². The van der Waals surface area contributed by atoms with Gasteiger partial charge in [-0.25, -0.2) is 4.79 Å². The summed E-state index contributed by atoms with van der Waals surface area (Å²) < 4.78 is 0. The van der Waals surface area contributed by atoms with Gasteiger partial charge in [-0.3, -0.25) is 14.9 Å². The molecule has 6 heteroatoms. The maximum Gasteiger partial charge on any atom is 0.323 e. The Morgan fingerprint density at radius 1 is 1.17 bits per heavy atom. The topological polar surface area (TPSA) is 86.7 Å². The van der Waals surface area contributed by atoms with E-state index in [4.69, 9.17) is 5.11 Å². The van der Waals surface area contributed by atoms with Crippen molar-refractivity contribution in [1.29, 1.82) is 0 Å². The number of rotatable bonds is 7. The van der Waals surface area contributed by atoms with Gasteiger partial charge in [0, 0.05) is 26.4 Å². The molecule has 0 aliphatic carbocycles. The van der Waals surface area contributed by atoms with E-state index in [1.807, 2.05) is 13.8 Å². The number of carboxylic acid groups (broad SMARTS) is 1. The summed E-state index contributed by atoms with van der Waals surface area (Å²) in [4.78, 5) is 34.6. The average molecular weight is 258 g/mol. The summed E-state index contributed by atoms with van der Waals surface area (Å²) in [5, 5.41) is 10.7. The highest BCUT2D eigenvalue weighted by Crippen LogP contribution is 2.00. The van der Waals surface area contributed by atoms with Gasteiger partial charge in [-0.15, -0.1) is 0 Å². The molecule has 6 nitrogen and oxygen atoms in total. The summed E-state index contributed by atoms with van der Waals surface area (Å²) in [6.07, 6.45) is 1.14. The minimum atomic E-state index is -0.872. The van der Waals surface area contributed by atoms with Crippen molar-refractivity contribution in [3.05, 3.63) is 0 Å². The molecule has 0 rings (SSSR count). The predicted molar refractivity (Wildman–Crippen MR) is 67.1 cm³/mol. The van der Waals surface area contributed by atoms with Crippen molar-refractivity contribution in [2.45, 2.75) is 39.5 Å². The van der Waals surface area contributed by atoms with Crippen LogP contribution in [0.5, 0.6) is 0 Å². The van der Waals surface area contributed by atoms with E-state index in [1.165, 1.54) is 4.90 Å². The second-order valence-corrected chi connectivity index (χ2v) is 4.73. The molecule has 0 aromatic carbocycles. The van der Waals surface area contributed by atoms with Gasteiger partial charge in [-0.1, -0.05) is 13.8 Å². The maximum atomic E-state index is 11.5. The Hall–Kier alpha value is -1.59. The van der Waals surface area contributed by atoms with Gasteiger partial charge in [0.05, 0.1) is 0 Å². The molecule has 0 aromatic heterocycles. The molecule has 0 saturated carbocycles. The van der Waals surface area contributed by atoms with Crippen LogP contribution < -0.4 is 5.32 Å². The van der Waals surface area contributed by atoms with Crippen molar-refractivity contribution < 1.29 is 19.5 Å². The summed E-state index contributed by atoms with van der Waals surface area (Å²) in [5.41, 5.74) is 0. The van der Waals surface area contributed by atoms with Crippen LogP contribution in [0.15, 0.2) is 0 Å². The molecule has 0 radical (unpaired) electrons. The van der Waals surface area contributed by atoms with Crippen LogP contribution in [0.25, 0.3) is 0 Å². The number of unbranched alkanes of at least 4 members (excludes halogenated alkanes) is 1. The van der Waals surface area contributed by atoms with E-state index in [2.05, 4.69) is 5.32 Å². The zero-order valence-corrected chi connectivity index (χ0v) is 11.2. The molecule has 0 spiro atoms. The fraction of sp³-hybridized carbons (Fsp3) is 0.750. The molecule has 3 amide bonds. The number of imide groups is 1. The lowest BCUT2D eigenvalue weighted by Crippen LogP contribution is -2.42. The van der Waals surface area contributed by atoms with Crippen LogP contribution in [0, 0.1) is 5.92 Å². The van der Waals surface area contributed by atoms with Gasteiger partial charge in [-0.2, -0.15) is 0 Å². The molecular weight excluding hydrogens is 236 g/mol. The molecule has 2 N–H and O–H groups in total. The van der Waals surface area contributed by atoms with Crippen molar-refractivity contribution in [2.24, 2.45) is 5.92 Å². The first-order valence-corrected chi connectivity index (χ1v) is 6.09. The Kier molecular flexibility index (Phi) is 7.74. The molecule has 0 aliphatic rings. The summed E-state index contributed by atoms with van der Waals surface area (Å²) in [6, 6.07) is -0.410. The molecule has 0 aromatic rings. The Labute approximate surface area is 107 Å². The fourth-order valence-electron chi connectivity index (χ4n) is 1.47. The second kappa shape index (κ2) is 8.49. The second-order valence-electron chi connectivity index (χ2n) is 4.73. The summed E-state index contributed by atoms with van der Waals surface area (Å²) in [6.45, 7) is 4.55. The number of urea groups is 1. The number of hydrogen-bond donors (Lipinski definition) is 2. The van der Waals surface area contributed by atoms with Crippen LogP contribution in [0.3, 0.4) is 0 Å². The third-order valence-corrected chi connectivity index (χ3v) is 2.28. The van der Waals surface area contributed by atoms with Gasteiger partial charge >= 0.3 is 12.0 Å². The Bertz CT molecular complexity index is 302. The smallest absolute Gasteiger partial charge is 0.323 e. The lowest BCUT2D eigenvalue weighted by molar-refractivity contribution is -0.137. The number of carbonyl (C=O) groups excluding carboxylic acids is 2. The predicted octanol–water partition coefficient (Wildman–Crippen LogP) is 1.46.